The van der Waals surface area contributed by atoms with E-state index >= 15 is 0 Å². The average Bonchev–Trinajstić information content (AvgIpc) is 2.06. The summed E-state index contributed by atoms with van der Waals surface area (Å²) in [4.78, 5) is 0. The molecule has 0 aliphatic rings. The SMILES string of the molecule is CCc1ccc(Br)c(CC(F)(F)F)c1. The summed E-state index contributed by atoms with van der Waals surface area (Å²) in [5.41, 5.74) is 1.23. The van der Waals surface area contributed by atoms with Crippen LogP contribution < -0.4 is 0 Å². The Labute approximate surface area is 89.3 Å². The predicted molar refractivity (Wildman–Crippen MR) is 53.3 cm³/mol. The van der Waals surface area contributed by atoms with E-state index in [4.69, 9.17) is 0 Å². The molecule has 0 aromatic heterocycles. The number of alkyl halides is 3. The van der Waals surface area contributed by atoms with Gasteiger partial charge in [0.2, 0.25) is 0 Å². The number of hydrogen-bond donors (Lipinski definition) is 0. The molecule has 14 heavy (non-hydrogen) atoms. The van der Waals surface area contributed by atoms with E-state index in [-0.39, 0.29) is 0 Å². The summed E-state index contributed by atoms with van der Waals surface area (Å²) in [5.74, 6) is 0. The second-order valence-corrected chi connectivity index (χ2v) is 3.93. The molecule has 0 bridgehead atoms. The molecule has 0 saturated heterocycles. The molecule has 0 aliphatic carbocycles. The summed E-state index contributed by atoms with van der Waals surface area (Å²) in [6.07, 6.45) is -4.27. The molecular weight excluding hydrogens is 257 g/mol. The molecule has 1 aromatic rings. The zero-order chi connectivity index (χ0) is 10.8. The van der Waals surface area contributed by atoms with Crippen LogP contribution in [0.1, 0.15) is 18.1 Å². The molecule has 0 radical (unpaired) electrons. The van der Waals surface area contributed by atoms with Gasteiger partial charge in [-0.15, -0.1) is 0 Å². The fourth-order valence-corrected chi connectivity index (χ4v) is 1.59. The molecule has 0 saturated carbocycles. The molecule has 4 heteroatoms. The van der Waals surface area contributed by atoms with Gasteiger partial charge in [-0.3, -0.25) is 0 Å². The van der Waals surface area contributed by atoms with E-state index in [0.29, 0.717) is 10.0 Å². The van der Waals surface area contributed by atoms with E-state index in [9.17, 15) is 13.2 Å². The minimum Gasteiger partial charge on any atom is -0.171 e. The maximum atomic E-state index is 12.1. The molecule has 0 unspecified atom stereocenters. The summed E-state index contributed by atoms with van der Waals surface area (Å²) in [5, 5.41) is 0. The molecule has 0 atom stereocenters. The Morgan fingerprint density at radius 1 is 1.29 bits per heavy atom. The molecule has 0 amide bonds. The van der Waals surface area contributed by atoms with Crippen molar-refractivity contribution in [3.8, 4) is 0 Å². The molecule has 0 fully saturated rings. The van der Waals surface area contributed by atoms with Crippen LogP contribution in [0, 0.1) is 0 Å². The number of halogens is 4. The zero-order valence-corrected chi connectivity index (χ0v) is 9.24. The van der Waals surface area contributed by atoms with Crippen molar-refractivity contribution in [2.75, 3.05) is 0 Å². The molecule has 0 aliphatic heterocycles. The average molecular weight is 267 g/mol. The Morgan fingerprint density at radius 2 is 1.93 bits per heavy atom. The Balaban J connectivity index is 2.95. The number of aryl methyl sites for hydroxylation is 1. The van der Waals surface area contributed by atoms with E-state index in [1.54, 1.807) is 12.1 Å². The lowest BCUT2D eigenvalue weighted by atomic mass is 10.1. The summed E-state index contributed by atoms with van der Waals surface area (Å²) < 4.78 is 36.9. The van der Waals surface area contributed by atoms with Crippen LogP contribution in [-0.2, 0) is 12.8 Å². The molecule has 0 spiro atoms. The largest absolute Gasteiger partial charge is 0.393 e. The topological polar surface area (TPSA) is 0 Å². The maximum Gasteiger partial charge on any atom is 0.393 e. The fourth-order valence-electron chi connectivity index (χ4n) is 1.20. The van der Waals surface area contributed by atoms with Crippen molar-refractivity contribution in [3.63, 3.8) is 0 Å². The first-order valence-electron chi connectivity index (χ1n) is 4.26. The molecule has 0 heterocycles. The molecule has 1 aromatic carbocycles. The Bertz CT molecular complexity index is 318. The second kappa shape index (κ2) is 4.34. The third kappa shape index (κ3) is 3.33. The highest BCUT2D eigenvalue weighted by Gasteiger charge is 2.28. The Kier molecular flexibility index (Phi) is 3.59. The number of hydrogen-bond acceptors (Lipinski definition) is 0. The summed E-state index contributed by atoms with van der Waals surface area (Å²) >= 11 is 3.11. The van der Waals surface area contributed by atoms with Gasteiger partial charge in [0, 0.05) is 4.47 Å². The van der Waals surface area contributed by atoms with Crippen LogP contribution in [0.4, 0.5) is 13.2 Å². The highest BCUT2D eigenvalue weighted by Crippen LogP contribution is 2.27. The first-order valence-corrected chi connectivity index (χ1v) is 5.05. The van der Waals surface area contributed by atoms with Crippen LogP contribution in [0.2, 0.25) is 0 Å². The van der Waals surface area contributed by atoms with E-state index < -0.39 is 12.6 Å². The summed E-state index contributed by atoms with van der Waals surface area (Å²) in [7, 11) is 0. The van der Waals surface area contributed by atoms with Crippen LogP contribution >= 0.6 is 15.9 Å². The second-order valence-electron chi connectivity index (χ2n) is 3.07. The Hall–Kier alpha value is -0.510. The summed E-state index contributed by atoms with van der Waals surface area (Å²) in [6.45, 7) is 1.92. The van der Waals surface area contributed by atoms with E-state index in [2.05, 4.69) is 15.9 Å². The van der Waals surface area contributed by atoms with Crippen molar-refractivity contribution >= 4 is 15.9 Å². The minimum atomic E-state index is -4.14. The third-order valence-corrected chi connectivity index (χ3v) is 2.68. The van der Waals surface area contributed by atoms with Crippen molar-refractivity contribution in [1.82, 2.24) is 0 Å². The molecular formula is C10H10BrF3. The van der Waals surface area contributed by atoms with Crippen molar-refractivity contribution in [2.24, 2.45) is 0 Å². The zero-order valence-electron chi connectivity index (χ0n) is 7.66. The lowest BCUT2D eigenvalue weighted by Gasteiger charge is -2.09. The quantitative estimate of drug-likeness (QED) is 0.756. The first-order chi connectivity index (χ1) is 6.42. The van der Waals surface area contributed by atoms with Crippen LogP contribution in [0.25, 0.3) is 0 Å². The van der Waals surface area contributed by atoms with Gasteiger partial charge in [-0.1, -0.05) is 35.0 Å². The lowest BCUT2D eigenvalue weighted by Crippen LogP contribution is -2.12. The highest BCUT2D eigenvalue weighted by molar-refractivity contribution is 9.10. The van der Waals surface area contributed by atoms with Gasteiger partial charge in [0.1, 0.15) is 0 Å². The maximum absolute atomic E-state index is 12.1. The van der Waals surface area contributed by atoms with Gasteiger partial charge in [-0.2, -0.15) is 13.2 Å². The highest BCUT2D eigenvalue weighted by atomic mass is 79.9. The van der Waals surface area contributed by atoms with E-state index in [0.717, 1.165) is 12.0 Å². The van der Waals surface area contributed by atoms with Gasteiger partial charge in [0.25, 0.3) is 0 Å². The van der Waals surface area contributed by atoms with Crippen molar-refractivity contribution in [3.05, 3.63) is 33.8 Å². The smallest absolute Gasteiger partial charge is 0.171 e. The first kappa shape index (κ1) is 11.6. The van der Waals surface area contributed by atoms with Gasteiger partial charge in [0.15, 0.2) is 0 Å². The monoisotopic (exact) mass is 266 g/mol. The molecule has 78 valence electrons. The molecule has 1 rings (SSSR count). The van der Waals surface area contributed by atoms with Gasteiger partial charge < -0.3 is 0 Å². The van der Waals surface area contributed by atoms with Crippen molar-refractivity contribution < 1.29 is 13.2 Å². The Morgan fingerprint density at radius 3 is 2.43 bits per heavy atom. The normalized spacial score (nSPS) is 11.8. The molecule has 0 N–H and O–H groups in total. The van der Waals surface area contributed by atoms with Crippen LogP contribution in [0.15, 0.2) is 22.7 Å². The summed E-state index contributed by atoms with van der Waals surface area (Å²) in [6, 6.07) is 5.08. The van der Waals surface area contributed by atoms with Crippen LogP contribution in [-0.4, -0.2) is 6.18 Å². The van der Waals surface area contributed by atoms with Gasteiger partial charge in [-0.05, 0) is 23.6 Å². The van der Waals surface area contributed by atoms with Gasteiger partial charge in [-0.25, -0.2) is 0 Å². The third-order valence-electron chi connectivity index (χ3n) is 1.91. The van der Waals surface area contributed by atoms with Crippen LogP contribution in [0.3, 0.4) is 0 Å². The van der Waals surface area contributed by atoms with E-state index in [1.165, 1.54) is 0 Å². The van der Waals surface area contributed by atoms with Gasteiger partial charge in [0.05, 0.1) is 6.42 Å². The van der Waals surface area contributed by atoms with E-state index in [1.807, 2.05) is 13.0 Å². The lowest BCUT2D eigenvalue weighted by molar-refractivity contribution is -0.127. The minimum absolute atomic E-state index is 0.303. The van der Waals surface area contributed by atoms with Crippen molar-refractivity contribution in [2.45, 2.75) is 25.9 Å². The molecule has 0 nitrogen and oxygen atoms in total. The van der Waals surface area contributed by atoms with Gasteiger partial charge >= 0.3 is 6.18 Å². The number of benzene rings is 1. The van der Waals surface area contributed by atoms with Crippen LogP contribution in [0.5, 0.6) is 0 Å². The standard InChI is InChI=1S/C10H10BrF3/c1-2-7-3-4-9(11)8(5-7)6-10(12,13)14/h3-5H,2,6H2,1H3. The predicted octanol–water partition coefficient (Wildman–Crippen LogP) is 4.12. The number of rotatable bonds is 2. The fraction of sp³-hybridized carbons (Fsp3) is 0.400. The van der Waals surface area contributed by atoms with Crippen molar-refractivity contribution in [1.29, 1.82) is 0 Å².